The van der Waals surface area contributed by atoms with Gasteiger partial charge in [-0.1, -0.05) is 6.07 Å². The molecule has 1 fully saturated rings. The van der Waals surface area contributed by atoms with Gasteiger partial charge < -0.3 is 19.8 Å². The smallest absolute Gasteiger partial charge is 0.266 e. The number of aliphatic hydroxyl groups is 1. The van der Waals surface area contributed by atoms with Crippen molar-refractivity contribution in [3.05, 3.63) is 36.0 Å². The van der Waals surface area contributed by atoms with Crippen LogP contribution in [0.25, 0.3) is 0 Å². The maximum absolute atomic E-state index is 12.1. The van der Waals surface area contributed by atoms with E-state index in [9.17, 15) is 9.90 Å². The molecule has 0 spiro atoms. The molecule has 134 valence electrons. The van der Waals surface area contributed by atoms with Crippen molar-refractivity contribution in [3.63, 3.8) is 0 Å². The van der Waals surface area contributed by atoms with Crippen LogP contribution in [0.2, 0.25) is 0 Å². The number of carbonyl (C=O) groups excluding carboxylic acids is 1. The van der Waals surface area contributed by atoms with Crippen molar-refractivity contribution in [3.8, 4) is 0 Å². The van der Waals surface area contributed by atoms with E-state index in [2.05, 4.69) is 20.4 Å². The first-order valence-corrected chi connectivity index (χ1v) is 8.22. The molecule has 0 aliphatic carbocycles. The van der Waals surface area contributed by atoms with Gasteiger partial charge in [0.25, 0.3) is 5.95 Å². The molecule has 2 aromatic heterocycles. The zero-order valence-corrected chi connectivity index (χ0v) is 14.1. The molecule has 0 saturated carbocycles. The molecule has 0 unspecified atom stereocenters. The fourth-order valence-electron chi connectivity index (χ4n) is 2.75. The number of hydrogen-bond donors (Lipinski definition) is 2. The number of aromatic nitrogens is 3. The average molecular weight is 346 g/mol. The van der Waals surface area contributed by atoms with E-state index in [1.807, 2.05) is 28.0 Å². The lowest BCUT2D eigenvalue weighted by Gasteiger charge is -2.20. The van der Waals surface area contributed by atoms with Crippen LogP contribution in [0.5, 0.6) is 0 Å². The van der Waals surface area contributed by atoms with Crippen LogP contribution in [-0.4, -0.2) is 69.9 Å². The summed E-state index contributed by atoms with van der Waals surface area (Å²) in [6.45, 7) is 4.41. The van der Waals surface area contributed by atoms with E-state index in [0.29, 0.717) is 44.6 Å². The topological polar surface area (TPSA) is 108 Å². The number of carbonyl (C=O) groups is 1. The number of anilines is 1. The van der Waals surface area contributed by atoms with Gasteiger partial charge in [0.2, 0.25) is 11.8 Å². The van der Waals surface area contributed by atoms with Gasteiger partial charge in [0, 0.05) is 39.3 Å². The monoisotopic (exact) mass is 346 g/mol. The Bertz CT molecular complexity index is 692. The Morgan fingerprint density at radius 1 is 1.40 bits per heavy atom. The van der Waals surface area contributed by atoms with Crippen molar-refractivity contribution in [2.75, 3.05) is 37.6 Å². The number of nitrogens with one attached hydrogen (secondary N) is 1. The van der Waals surface area contributed by atoms with Gasteiger partial charge in [-0.2, -0.15) is 4.98 Å². The van der Waals surface area contributed by atoms with Crippen LogP contribution in [-0.2, 0) is 11.3 Å². The number of pyridine rings is 1. The number of aliphatic hydroxyl groups excluding tert-OH is 1. The molecular formula is C16H22N6O3. The summed E-state index contributed by atoms with van der Waals surface area (Å²) in [4.78, 5) is 24.3. The largest absolute Gasteiger partial charge is 0.390 e. The molecule has 2 N–H and O–H groups in total. The van der Waals surface area contributed by atoms with E-state index >= 15 is 0 Å². The van der Waals surface area contributed by atoms with Crippen LogP contribution >= 0.6 is 0 Å². The Labute approximate surface area is 145 Å². The van der Waals surface area contributed by atoms with E-state index in [4.69, 9.17) is 4.52 Å². The Hall–Kier alpha value is -2.52. The Morgan fingerprint density at radius 2 is 2.28 bits per heavy atom. The minimum absolute atomic E-state index is 0.0956. The van der Waals surface area contributed by atoms with Gasteiger partial charge in [-0.25, -0.2) is 0 Å². The van der Waals surface area contributed by atoms with Gasteiger partial charge in [-0.3, -0.25) is 14.7 Å². The summed E-state index contributed by atoms with van der Waals surface area (Å²) >= 11 is 0. The molecule has 0 aromatic carbocycles. The highest BCUT2D eigenvalue weighted by atomic mass is 16.5. The molecular weight excluding hydrogens is 324 g/mol. The van der Waals surface area contributed by atoms with Crippen molar-refractivity contribution in [2.45, 2.75) is 19.6 Å². The van der Waals surface area contributed by atoms with E-state index in [0.717, 1.165) is 5.69 Å². The minimum Gasteiger partial charge on any atom is -0.390 e. The van der Waals surface area contributed by atoms with Crippen molar-refractivity contribution in [2.24, 2.45) is 0 Å². The number of β-amino-alcohol motifs (C(OH)–C–C–N with tert-alkyl or cyclic N) is 1. The summed E-state index contributed by atoms with van der Waals surface area (Å²) in [6.07, 6.45) is 1.10. The van der Waals surface area contributed by atoms with E-state index in [1.165, 1.54) is 0 Å². The maximum Gasteiger partial charge on any atom is 0.266 e. The highest BCUT2D eigenvalue weighted by Crippen LogP contribution is 2.12. The van der Waals surface area contributed by atoms with E-state index in [1.54, 1.807) is 13.1 Å². The third kappa shape index (κ3) is 4.97. The molecule has 1 aliphatic heterocycles. The predicted molar refractivity (Wildman–Crippen MR) is 89.8 cm³/mol. The highest BCUT2D eigenvalue weighted by molar-refractivity contribution is 5.77. The lowest BCUT2D eigenvalue weighted by Crippen LogP contribution is -2.40. The Morgan fingerprint density at radius 3 is 3.00 bits per heavy atom. The first kappa shape index (κ1) is 17.3. The molecule has 0 bridgehead atoms. The molecule has 1 aliphatic rings. The minimum atomic E-state index is -0.593. The maximum atomic E-state index is 12.1. The summed E-state index contributed by atoms with van der Waals surface area (Å²) < 4.78 is 4.99. The van der Waals surface area contributed by atoms with Gasteiger partial charge in [-0.05, 0) is 17.3 Å². The van der Waals surface area contributed by atoms with Crippen LogP contribution in [0.15, 0.2) is 28.9 Å². The molecule has 3 rings (SSSR count). The van der Waals surface area contributed by atoms with Gasteiger partial charge in [0.1, 0.15) is 0 Å². The fourth-order valence-corrected chi connectivity index (χ4v) is 2.75. The molecule has 25 heavy (non-hydrogen) atoms. The van der Waals surface area contributed by atoms with Gasteiger partial charge in [-0.15, -0.1) is 0 Å². The van der Waals surface area contributed by atoms with Crippen LogP contribution in [0.4, 0.5) is 5.95 Å². The van der Waals surface area contributed by atoms with Crippen LogP contribution in [0.1, 0.15) is 11.6 Å². The summed E-state index contributed by atoms with van der Waals surface area (Å²) in [5.74, 6) is 0.860. The van der Waals surface area contributed by atoms with Crippen LogP contribution in [0.3, 0.4) is 0 Å². The predicted octanol–water partition coefficient (Wildman–Crippen LogP) is -0.428. The lowest BCUT2D eigenvalue weighted by atomic mass is 10.3. The summed E-state index contributed by atoms with van der Waals surface area (Å²) in [5.41, 5.74) is 0.811. The lowest BCUT2D eigenvalue weighted by molar-refractivity contribution is -0.122. The van der Waals surface area contributed by atoms with Crippen molar-refractivity contribution in [1.29, 1.82) is 0 Å². The number of aryl methyl sites for hydroxylation is 1. The van der Waals surface area contributed by atoms with Gasteiger partial charge >= 0.3 is 0 Å². The third-order valence-electron chi connectivity index (χ3n) is 3.95. The molecule has 3 heterocycles. The normalized spacial score (nSPS) is 18.8. The summed E-state index contributed by atoms with van der Waals surface area (Å²) in [7, 11) is 0. The van der Waals surface area contributed by atoms with Crippen LogP contribution in [0, 0.1) is 6.92 Å². The van der Waals surface area contributed by atoms with Crippen molar-refractivity contribution < 1.29 is 14.4 Å². The molecule has 2 aromatic rings. The number of nitrogens with zero attached hydrogens (tertiary/aromatic N) is 5. The number of amides is 1. The summed E-state index contributed by atoms with van der Waals surface area (Å²) in [6, 6.07) is 5.58. The zero-order chi connectivity index (χ0) is 17.6. The second-order valence-corrected chi connectivity index (χ2v) is 6.05. The van der Waals surface area contributed by atoms with E-state index < -0.39 is 6.10 Å². The average Bonchev–Trinajstić information content (AvgIpc) is 2.95. The van der Waals surface area contributed by atoms with Crippen LogP contribution < -0.4 is 10.2 Å². The van der Waals surface area contributed by atoms with Crippen molar-refractivity contribution >= 4 is 11.9 Å². The quantitative estimate of drug-likeness (QED) is 0.751. The van der Waals surface area contributed by atoms with E-state index in [-0.39, 0.29) is 12.5 Å². The second kappa shape index (κ2) is 8.04. The first-order chi connectivity index (χ1) is 12.1. The SMILES string of the molecule is Cc1nc(N2CCN(CC(=O)NCc3ccccn3)C[C@H](O)C2)no1. The van der Waals surface area contributed by atoms with Crippen molar-refractivity contribution in [1.82, 2.24) is 25.3 Å². The number of hydrogen-bond acceptors (Lipinski definition) is 8. The molecule has 1 atom stereocenters. The first-order valence-electron chi connectivity index (χ1n) is 8.22. The Kier molecular flexibility index (Phi) is 5.56. The van der Waals surface area contributed by atoms with Gasteiger partial charge in [0.05, 0.1) is 24.9 Å². The molecule has 9 heteroatoms. The fraction of sp³-hybridized carbons (Fsp3) is 0.500. The summed E-state index contributed by atoms with van der Waals surface area (Å²) in [5, 5.41) is 16.9. The molecule has 0 radical (unpaired) electrons. The second-order valence-electron chi connectivity index (χ2n) is 6.05. The zero-order valence-electron chi connectivity index (χ0n) is 14.1. The Balaban J connectivity index is 1.50. The third-order valence-corrected chi connectivity index (χ3v) is 3.95. The molecule has 1 amide bonds. The number of rotatable bonds is 5. The molecule has 1 saturated heterocycles. The molecule has 9 nitrogen and oxygen atoms in total. The van der Waals surface area contributed by atoms with Gasteiger partial charge in [0.15, 0.2) is 0 Å². The standard InChI is InChI=1S/C16H22N6O3/c1-12-19-16(20-25-12)22-7-6-21(9-14(23)10-22)11-15(24)18-8-13-4-2-3-5-17-13/h2-5,14,23H,6-11H2,1H3,(H,18,24)/t14-/m0/s1. The highest BCUT2D eigenvalue weighted by Gasteiger charge is 2.25.